The molecule has 1 N–H and O–H groups in total. The van der Waals surface area contributed by atoms with Crippen LogP contribution in [0.15, 0.2) is 97.1 Å². The van der Waals surface area contributed by atoms with Crippen LogP contribution in [0.1, 0.15) is 61.3 Å². The molecule has 0 aromatic heterocycles. The van der Waals surface area contributed by atoms with Crippen molar-refractivity contribution in [1.29, 1.82) is 0 Å². The molecule has 0 spiro atoms. The highest BCUT2D eigenvalue weighted by atomic mass is 16.6. The van der Waals surface area contributed by atoms with Crippen molar-refractivity contribution >= 4 is 6.09 Å². The molecule has 7 heteroatoms. The molecule has 3 aromatic carbocycles. The van der Waals surface area contributed by atoms with Gasteiger partial charge in [-0.15, -0.1) is 0 Å². The normalized spacial score (nSPS) is 14.5. The number of likely N-dealkylation sites (N-methyl/N-ethyl adjacent to an activating group) is 1. The first kappa shape index (κ1) is 35.2. The number of rotatable bonds is 18. The molecule has 0 bridgehead atoms. The molecule has 248 valence electrons. The summed E-state index contributed by atoms with van der Waals surface area (Å²) in [7, 11) is 6.33. The minimum atomic E-state index is -0.353. The van der Waals surface area contributed by atoms with Gasteiger partial charge in [-0.3, -0.25) is 4.90 Å². The van der Waals surface area contributed by atoms with Crippen LogP contribution >= 0.6 is 0 Å². The number of likely N-dealkylation sites (tertiary alicyclic amines) is 1. The summed E-state index contributed by atoms with van der Waals surface area (Å²) in [6.07, 6.45) is 10.7. The van der Waals surface area contributed by atoms with Crippen molar-refractivity contribution in [2.45, 2.75) is 57.3 Å². The molecule has 1 aliphatic rings. The number of carbonyl (C=O) groups excluding carboxylic acids is 1. The van der Waals surface area contributed by atoms with E-state index in [0.29, 0.717) is 6.61 Å². The zero-order valence-electron chi connectivity index (χ0n) is 28.1. The van der Waals surface area contributed by atoms with E-state index >= 15 is 0 Å². The highest BCUT2D eigenvalue weighted by molar-refractivity contribution is 5.69. The van der Waals surface area contributed by atoms with Crippen LogP contribution < -0.4 is 10.1 Å². The highest BCUT2D eigenvalue weighted by Gasteiger charge is 2.24. The molecule has 1 aliphatic heterocycles. The molecule has 7 nitrogen and oxygen atoms in total. The minimum absolute atomic E-state index is 0.0537. The van der Waals surface area contributed by atoms with Crippen molar-refractivity contribution in [3.8, 4) is 5.75 Å². The summed E-state index contributed by atoms with van der Waals surface area (Å²) >= 11 is 0. The first-order valence-electron chi connectivity index (χ1n) is 16.9. The third-order valence-electron chi connectivity index (χ3n) is 8.72. The van der Waals surface area contributed by atoms with Crippen LogP contribution in [0.2, 0.25) is 0 Å². The molecule has 0 saturated carbocycles. The summed E-state index contributed by atoms with van der Waals surface area (Å²) in [5, 5.41) is 3.11. The molecule has 0 aliphatic carbocycles. The Morgan fingerprint density at radius 2 is 1.50 bits per heavy atom. The third kappa shape index (κ3) is 12.3. The Kier molecular flexibility index (Phi) is 14.6. The number of hydrogen-bond donors (Lipinski definition) is 1. The second-order valence-electron chi connectivity index (χ2n) is 12.9. The number of nitrogens with one attached hydrogen (secondary N) is 1. The van der Waals surface area contributed by atoms with E-state index in [2.05, 4.69) is 42.5 Å². The number of benzene rings is 3. The molecule has 1 amide bonds. The van der Waals surface area contributed by atoms with E-state index in [1.165, 1.54) is 25.8 Å². The van der Waals surface area contributed by atoms with Crippen LogP contribution in [-0.4, -0.2) is 82.1 Å². The number of ether oxygens (including phenoxy) is 3. The molecule has 0 radical (unpaired) electrons. The van der Waals surface area contributed by atoms with Crippen LogP contribution in [0, 0.1) is 0 Å². The quantitative estimate of drug-likeness (QED) is 0.0905. The van der Waals surface area contributed by atoms with Gasteiger partial charge in [-0.2, -0.15) is 0 Å². The highest BCUT2D eigenvalue weighted by Crippen LogP contribution is 2.23. The average molecular weight is 629 g/mol. The van der Waals surface area contributed by atoms with Crippen molar-refractivity contribution in [2.24, 2.45) is 0 Å². The topological polar surface area (TPSA) is 60.0 Å². The first-order valence-corrected chi connectivity index (χ1v) is 16.9. The van der Waals surface area contributed by atoms with E-state index in [0.717, 1.165) is 79.0 Å². The van der Waals surface area contributed by atoms with Crippen molar-refractivity contribution in [2.75, 3.05) is 60.5 Å². The van der Waals surface area contributed by atoms with E-state index in [4.69, 9.17) is 14.2 Å². The Morgan fingerprint density at radius 1 is 0.870 bits per heavy atom. The maximum Gasteiger partial charge on any atom is 0.408 e. The maximum atomic E-state index is 12.9. The monoisotopic (exact) mass is 628 g/mol. The summed E-state index contributed by atoms with van der Waals surface area (Å²) in [6, 6.07) is 27.9. The van der Waals surface area contributed by atoms with E-state index in [1.54, 1.807) is 7.11 Å². The third-order valence-corrected chi connectivity index (χ3v) is 8.72. The van der Waals surface area contributed by atoms with Gasteiger partial charge in [-0.05, 0) is 55.4 Å². The number of carbonyl (C=O) groups is 1. The van der Waals surface area contributed by atoms with Crippen molar-refractivity contribution in [1.82, 2.24) is 10.2 Å². The van der Waals surface area contributed by atoms with E-state index in [1.807, 2.05) is 78.9 Å². The molecule has 1 fully saturated rings. The van der Waals surface area contributed by atoms with Crippen molar-refractivity contribution in [3.05, 3.63) is 114 Å². The van der Waals surface area contributed by atoms with Gasteiger partial charge in [-0.25, -0.2) is 4.79 Å². The SMILES string of the molecule is COc1ccccc1COCCCCCC[N+](C)(C)C/C=C/CN1CCC(OC(=O)NC(c2ccccc2)c2ccccc2)CC1. The van der Waals surface area contributed by atoms with E-state index < -0.39 is 0 Å². The molecule has 4 rings (SSSR count). The number of methoxy groups -OCH3 is 1. The van der Waals surface area contributed by atoms with Gasteiger partial charge in [-0.1, -0.05) is 91.4 Å². The fraction of sp³-hybridized carbons (Fsp3) is 0.462. The zero-order chi connectivity index (χ0) is 32.5. The smallest absolute Gasteiger partial charge is 0.408 e. The van der Waals surface area contributed by atoms with Crippen molar-refractivity contribution < 1.29 is 23.5 Å². The van der Waals surface area contributed by atoms with Gasteiger partial charge in [0.05, 0.1) is 46.9 Å². The van der Waals surface area contributed by atoms with E-state index in [-0.39, 0.29) is 18.2 Å². The number of unbranched alkanes of at least 4 members (excludes halogenated alkanes) is 3. The number of piperidine rings is 1. The number of alkyl carbamates (subject to hydrolysis) is 1. The molecule has 0 atom stereocenters. The molecular weight excluding hydrogens is 574 g/mol. The lowest BCUT2D eigenvalue weighted by Gasteiger charge is -2.31. The molecule has 0 unspecified atom stereocenters. The van der Waals surface area contributed by atoms with Crippen molar-refractivity contribution in [3.63, 3.8) is 0 Å². The fourth-order valence-corrected chi connectivity index (χ4v) is 5.94. The second-order valence-corrected chi connectivity index (χ2v) is 12.9. The van der Waals surface area contributed by atoms with Crippen LogP contribution in [0.5, 0.6) is 5.75 Å². The fourth-order valence-electron chi connectivity index (χ4n) is 5.94. The van der Waals surface area contributed by atoms with Gasteiger partial charge in [0.25, 0.3) is 0 Å². The maximum absolute atomic E-state index is 12.9. The Bertz CT molecular complexity index is 1270. The van der Waals surface area contributed by atoms with Gasteiger partial charge >= 0.3 is 6.09 Å². The lowest BCUT2D eigenvalue weighted by molar-refractivity contribution is -0.884. The van der Waals surface area contributed by atoms with Gasteiger partial charge in [0.1, 0.15) is 11.9 Å². The molecule has 1 saturated heterocycles. The van der Waals surface area contributed by atoms with Gasteiger partial charge < -0.3 is 24.0 Å². The Morgan fingerprint density at radius 3 is 2.17 bits per heavy atom. The number of para-hydroxylation sites is 1. The summed E-state index contributed by atoms with van der Waals surface area (Å²) in [5.74, 6) is 0.893. The zero-order valence-corrected chi connectivity index (χ0v) is 28.1. The standard InChI is InChI=1S/C39H53N3O4/c1-42(2,29-15-4-5-17-31-45-32-35-22-12-13-23-37(35)44-3)30-16-14-26-41-27-24-36(25-28-41)46-39(43)40-38(33-18-8-6-9-19-33)34-20-10-7-11-21-34/h6-14,16,18-23,36,38H,4-5,15,17,24-32H2,1-3H3/p+1/b16-14+. The lowest BCUT2D eigenvalue weighted by atomic mass is 9.99. The predicted octanol–water partition coefficient (Wildman–Crippen LogP) is 7.39. The number of hydrogen-bond acceptors (Lipinski definition) is 5. The summed E-state index contributed by atoms with van der Waals surface area (Å²) in [6.45, 7) is 6.41. The van der Waals surface area contributed by atoms with Crippen LogP contribution in [0.3, 0.4) is 0 Å². The molecule has 1 heterocycles. The summed E-state index contributed by atoms with van der Waals surface area (Å²) < 4.78 is 18.1. The molecule has 3 aromatic rings. The van der Waals surface area contributed by atoms with Gasteiger partial charge in [0, 0.05) is 31.8 Å². The number of amides is 1. The minimum Gasteiger partial charge on any atom is -0.496 e. The van der Waals surface area contributed by atoms with E-state index in [9.17, 15) is 4.79 Å². The Hall–Kier alpha value is -3.65. The number of nitrogens with zero attached hydrogens (tertiary/aromatic N) is 2. The van der Waals surface area contributed by atoms with Crippen LogP contribution in [0.25, 0.3) is 0 Å². The summed E-state index contributed by atoms with van der Waals surface area (Å²) in [5.41, 5.74) is 3.18. The van der Waals surface area contributed by atoms with Gasteiger partial charge in [0.2, 0.25) is 0 Å². The second kappa shape index (κ2) is 19.1. The number of quaternary nitrogens is 1. The van der Waals surface area contributed by atoms with Gasteiger partial charge in [0.15, 0.2) is 0 Å². The van der Waals surface area contributed by atoms with Crippen LogP contribution in [0.4, 0.5) is 4.79 Å². The largest absolute Gasteiger partial charge is 0.496 e. The molecular formula is C39H54N3O4+. The summed E-state index contributed by atoms with van der Waals surface area (Å²) in [4.78, 5) is 15.4. The van der Waals surface area contributed by atoms with Crippen LogP contribution in [-0.2, 0) is 16.1 Å². The molecule has 46 heavy (non-hydrogen) atoms. The lowest BCUT2D eigenvalue weighted by Crippen LogP contribution is -2.41. The Labute approximate surface area is 276 Å². The predicted molar refractivity (Wildman–Crippen MR) is 186 cm³/mol. The average Bonchev–Trinajstić information content (AvgIpc) is 3.08. The Balaban J connectivity index is 1.06. The first-order chi connectivity index (χ1) is 22.4.